The van der Waals surface area contributed by atoms with E-state index in [1.807, 2.05) is 46.7 Å². The van der Waals surface area contributed by atoms with Crippen molar-refractivity contribution in [2.75, 3.05) is 19.8 Å². The lowest BCUT2D eigenvalue weighted by Gasteiger charge is -2.34. The first-order valence-electron chi connectivity index (χ1n) is 8.22. The molecule has 128 valence electrons. The monoisotopic (exact) mass is 354 g/mol. The molecule has 0 unspecified atom stereocenters. The lowest BCUT2D eigenvalue weighted by molar-refractivity contribution is -0.139. The molecule has 1 aliphatic rings. The Labute approximate surface area is 149 Å². The maximum Gasteiger partial charge on any atom is 0.230 e. The van der Waals surface area contributed by atoms with Crippen LogP contribution >= 0.6 is 11.3 Å². The van der Waals surface area contributed by atoms with Crippen molar-refractivity contribution in [1.82, 2.24) is 9.88 Å². The molecular weight excluding hydrogens is 336 g/mol. The zero-order valence-electron chi connectivity index (χ0n) is 13.6. The number of benzene rings is 1. The van der Waals surface area contributed by atoms with E-state index < -0.39 is 0 Å². The van der Waals surface area contributed by atoms with Crippen LogP contribution < -0.4 is 0 Å². The maximum absolute atomic E-state index is 12.7. The summed E-state index contributed by atoms with van der Waals surface area (Å²) in [5.74, 6) is 0.719. The Morgan fingerprint density at radius 2 is 2.12 bits per heavy atom. The average Bonchev–Trinajstić information content (AvgIpc) is 3.34. The Hall–Kier alpha value is -2.44. The number of thiazole rings is 1. The second kappa shape index (κ2) is 7.21. The zero-order chi connectivity index (χ0) is 17.1. The molecule has 3 aromatic rings. The highest BCUT2D eigenvalue weighted by Crippen LogP contribution is 2.30. The Bertz CT molecular complexity index is 829. The van der Waals surface area contributed by atoms with E-state index in [1.165, 1.54) is 0 Å². The lowest BCUT2D eigenvalue weighted by atomic mass is 10.1. The number of hydrogen-bond donors (Lipinski definition) is 0. The summed E-state index contributed by atoms with van der Waals surface area (Å²) < 4.78 is 10.9. The SMILES string of the molecule is O=C(Cc1ccco1)N1CCOC[C@H]1c1csc(-c2ccccc2)n1. The quantitative estimate of drug-likeness (QED) is 0.719. The number of ether oxygens (including phenoxy) is 1. The Kier molecular flexibility index (Phi) is 4.63. The van der Waals surface area contributed by atoms with Crippen LogP contribution in [0.3, 0.4) is 0 Å². The molecule has 1 fully saturated rings. The Morgan fingerprint density at radius 3 is 2.92 bits per heavy atom. The summed E-state index contributed by atoms with van der Waals surface area (Å²) in [5.41, 5.74) is 1.97. The summed E-state index contributed by atoms with van der Waals surface area (Å²) in [6, 6.07) is 13.5. The van der Waals surface area contributed by atoms with Crippen LogP contribution in [0, 0.1) is 0 Å². The largest absolute Gasteiger partial charge is 0.469 e. The summed E-state index contributed by atoms with van der Waals surface area (Å²) in [7, 11) is 0. The van der Waals surface area contributed by atoms with Gasteiger partial charge in [-0.2, -0.15) is 0 Å². The van der Waals surface area contributed by atoms with Crippen molar-refractivity contribution in [3.8, 4) is 10.6 Å². The van der Waals surface area contributed by atoms with Gasteiger partial charge in [-0.05, 0) is 12.1 Å². The van der Waals surface area contributed by atoms with Gasteiger partial charge in [0.15, 0.2) is 0 Å². The maximum atomic E-state index is 12.7. The van der Waals surface area contributed by atoms with Crippen LogP contribution in [0.1, 0.15) is 17.5 Å². The number of rotatable bonds is 4. The Balaban J connectivity index is 1.55. The van der Waals surface area contributed by atoms with E-state index in [0.717, 1.165) is 16.3 Å². The van der Waals surface area contributed by atoms with Crippen molar-refractivity contribution in [2.45, 2.75) is 12.5 Å². The first-order chi connectivity index (χ1) is 12.3. The van der Waals surface area contributed by atoms with E-state index in [4.69, 9.17) is 14.1 Å². The molecule has 0 N–H and O–H groups in total. The highest BCUT2D eigenvalue weighted by atomic mass is 32.1. The first kappa shape index (κ1) is 16.1. The second-order valence-electron chi connectivity index (χ2n) is 5.88. The normalized spacial score (nSPS) is 17.6. The van der Waals surface area contributed by atoms with Gasteiger partial charge in [-0.15, -0.1) is 11.3 Å². The van der Waals surface area contributed by atoms with Gasteiger partial charge in [0.05, 0.1) is 37.6 Å². The molecule has 4 rings (SSSR count). The van der Waals surface area contributed by atoms with Gasteiger partial charge < -0.3 is 14.1 Å². The molecule has 1 atom stereocenters. The third-order valence-corrected chi connectivity index (χ3v) is 5.15. The molecule has 1 aliphatic heterocycles. The number of carbonyl (C=O) groups excluding carboxylic acids is 1. The van der Waals surface area contributed by atoms with Gasteiger partial charge in [-0.25, -0.2) is 4.98 Å². The van der Waals surface area contributed by atoms with Gasteiger partial charge >= 0.3 is 0 Å². The summed E-state index contributed by atoms with van der Waals surface area (Å²) in [5, 5.41) is 2.98. The van der Waals surface area contributed by atoms with Crippen LogP contribution in [-0.2, 0) is 16.0 Å². The van der Waals surface area contributed by atoms with Crippen LogP contribution in [0.15, 0.2) is 58.5 Å². The number of nitrogens with zero attached hydrogens (tertiary/aromatic N) is 2. The van der Waals surface area contributed by atoms with Gasteiger partial charge in [-0.1, -0.05) is 30.3 Å². The molecule has 25 heavy (non-hydrogen) atoms. The minimum Gasteiger partial charge on any atom is -0.469 e. The van der Waals surface area contributed by atoms with Crippen LogP contribution in [0.2, 0.25) is 0 Å². The molecule has 0 bridgehead atoms. The van der Waals surface area contributed by atoms with Crippen molar-refractivity contribution in [3.05, 3.63) is 65.6 Å². The number of furan rings is 1. The number of morpholine rings is 1. The molecule has 2 aromatic heterocycles. The van der Waals surface area contributed by atoms with Gasteiger partial charge in [-0.3, -0.25) is 4.79 Å². The van der Waals surface area contributed by atoms with Gasteiger partial charge in [0, 0.05) is 17.5 Å². The van der Waals surface area contributed by atoms with Gasteiger partial charge in [0.1, 0.15) is 10.8 Å². The van der Waals surface area contributed by atoms with E-state index >= 15 is 0 Å². The molecule has 1 aromatic carbocycles. The van der Waals surface area contributed by atoms with Gasteiger partial charge in [0.25, 0.3) is 0 Å². The molecule has 1 saturated heterocycles. The minimum absolute atomic E-state index is 0.0394. The van der Waals surface area contributed by atoms with E-state index in [2.05, 4.69) is 0 Å². The molecule has 0 aliphatic carbocycles. The third-order valence-electron chi connectivity index (χ3n) is 4.24. The van der Waals surface area contributed by atoms with E-state index in [-0.39, 0.29) is 18.4 Å². The van der Waals surface area contributed by atoms with Gasteiger partial charge in [0.2, 0.25) is 5.91 Å². The number of hydrogen-bond acceptors (Lipinski definition) is 5. The third kappa shape index (κ3) is 3.50. The summed E-state index contributed by atoms with van der Waals surface area (Å²) in [6.45, 7) is 1.60. The molecule has 0 radical (unpaired) electrons. The molecule has 0 saturated carbocycles. The standard InChI is InChI=1S/C19H18N2O3S/c22-18(11-15-7-4-9-24-15)21-8-10-23-12-17(21)16-13-25-19(20-16)14-5-2-1-3-6-14/h1-7,9,13,17H,8,10-12H2/t17-/m0/s1. The summed E-state index contributed by atoms with van der Waals surface area (Å²) in [6.07, 6.45) is 1.85. The zero-order valence-corrected chi connectivity index (χ0v) is 14.4. The second-order valence-corrected chi connectivity index (χ2v) is 6.74. The molecule has 1 amide bonds. The molecule has 3 heterocycles. The number of amides is 1. The molecule has 0 spiro atoms. The lowest BCUT2D eigenvalue weighted by Crippen LogP contribution is -2.44. The van der Waals surface area contributed by atoms with Crippen LogP contribution in [-0.4, -0.2) is 35.5 Å². The summed E-state index contributed by atoms with van der Waals surface area (Å²) >= 11 is 1.59. The van der Waals surface area contributed by atoms with Crippen LogP contribution in [0.4, 0.5) is 0 Å². The molecule has 5 nitrogen and oxygen atoms in total. The van der Waals surface area contributed by atoms with Crippen molar-refractivity contribution >= 4 is 17.2 Å². The average molecular weight is 354 g/mol. The van der Waals surface area contributed by atoms with Crippen molar-refractivity contribution in [3.63, 3.8) is 0 Å². The van der Waals surface area contributed by atoms with E-state index in [0.29, 0.717) is 25.5 Å². The fourth-order valence-corrected chi connectivity index (χ4v) is 3.84. The first-order valence-corrected chi connectivity index (χ1v) is 9.09. The molecular formula is C19H18N2O3S. The minimum atomic E-state index is -0.148. The highest BCUT2D eigenvalue weighted by molar-refractivity contribution is 7.13. The van der Waals surface area contributed by atoms with Crippen molar-refractivity contribution < 1.29 is 13.9 Å². The topological polar surface area (TPSA) is 55.6 Å². The van der Waals surface area contributed by atoms with Crippen molar-refractivity contribution in [2.24, 2.45) is 0 Å². The predicted molar refractivity (Wildman–Crippen MR) is 95.2 cm³/mol. The highest BCUT2D eigenvalue weighted by Gasteiger charge is 2.30. The summed E-state index contributed by atoms with van der Waals surface area (Å²) in [4.78, 5) is 19.3. The van der Waals surface area contributed by atoms with Crippen LogP contribution in [0.25, 0.3) is 10.6 Å². The number of aromatic nitrogens is 1. The predicted octanol–water partition coefficient (Wildman–Crippen LogP) is 3.55. The van der Waals surface area contributed by atoms with Crippen LogP contribution in [0.5, 0.6) is 0 Å². The fourth-order valence-electron chi connectivity index (χ4n) is 2.96. The van der Waals surface area contributed by atoms with E-state index in [9.17, 15) is 4.79 Å². The molecule has 6 heteroatoms. The van der Waals surface area contributed by atoms with Crippen molar-refractivity contribution in [1.29, 1.82) is 0 Å². The Morgan fingerprint density at radius 1 is 1.24 bits per heavy atom. The van der Waals surface area contributed by atoms with E-state index in [1.54, 1.807) is 23.7 Å². The smallest absolute Gasteiger partial charge is 0.230 e. The fraction of sp³-hybridized carbons (Fsp3) is 0.263. The number of carbonyl (C=O) groups is 1.